The van der Waals surface area contributed by atoms with Gasteiger partial charge in [0.2, 0.25) is 12.6 Å². The molecule has 0 spiro atoms. The van der Waals surface area contributed by atoms with Gasteiger partial charge in [-0.15, -0.1) is 0 Å². The van der Waals surface area contributed by atoms with E-state index in [1.54, 1.807) is 41.3 Å². The molecule has 1 aromatic heterocycles. The molecule has 3 heterocycles. The van der Waals surface area contributed by atoms with Crippen LogP contribution in [0.25, 0.3) is 11.0 Å². The molecule has 1 N–H and O–H groups in total. The molecule has 2 aliphatic heterocycles. The second kappa shape index (κ2) is 8.56. The Labute approximate surface area is 221 Å². The minimum absolute atomic E-state index is 0.0104. The van der Waals surface area contributed by atoms with Crippen molar-refractivity contribution in [3.8, 4) is 23.0 Å². The topological polar surface area (TPSA) is 98.4 Å². The summed E-state index contributed by atoms with van der Waals surface area (Å²) >= 11 is 6.76. The summed E-state index contributed by atoms with van der Waals surface area (Å²) < 4.78 is 23.3. The van der Waals surface area contributed by atoms with Crippen LogP contribution in [0.2, 0.25) is 0 Å². The summed E-state index contributed by atoms with van der Waals surface area (Å²) in [7, 11) is 1.43. The third-order valence-corrected chi connectivity index (χ3v) is 7.40. The summed E-state index contributed by atoms with van der Waals surface area (Å²) in [4.78, 5) is 29.1. The largest absolute Gasteiger partial charge is 0.503 e. The lowest BCUT2D eigenvalue weighted by molar-refractivity contribution is 0.0714. The minimum Gasteiger partial charge on any atom is -0.503 e. The van der Waals surface area contributed by atoms with Crippen LogP contribution >= 0.6 is 31.9 Å². The third kappa shape index (κ3) is 3.55. The van der Waals surface area contributed by atoms with Crippen molar-refractivity contribution in [1.29, 1.82) is 0 Å². The first kappa shape index (κ1) is 22.9. The maximum absolute atomic E-state index is 13.8. The van der Waals surface area contributed by atoms with Gasteiger partial charge in [0.1, 0.15) is 5.58 Å². The Morgan fingerprint density at radius 3 is 2.67 bits per heavy atom. The van der Waals surface area contributed by atoms with E-state index in [4.69, 9.17) is 18.6 Å². The molecule has 8 nitrogen and oxygen atoms in total. The first-order chi connectivity index (χ1) is 17.4. The number of rotatable bonds is 4. The van der Waals surface area contributed by atoms with Crippen molar-refractivity contribution in [2.45, 2.75) is 12.6 Å². The van der Waals surface area contributed by atoms with E-state index in [0.29, 0.717) is 32.5 Å². The number of methoxy groups -OCH3 is 1. The van der Waals surface area contributed by atoms with E-state index in [-0.39, 0.29) is 41.6 Å². The molecular formula is C26H17Br2NO7. The summed E-state index contributed by atoms with van der Waals surface area (Å²) in [5.41, 5.74) is 1.61. The molecule has 36 heavy (non-hydrogen) atoms. The maximum atomic E-state index is 13.8. The van der Waals surface area contributed by atoms with E-state index in [1.807, 2.05) is 12.1 Å². The first-order valence-electron chi connectivity index (χ1n) is 10.9. The van der Waals surface area contributed by atoms with Crippen LogP contribution in [-0.4, -0.2) is 29.8 Å². The number of phenolic OH excluding ortho intramolecular Hbond substituents is 1. The van der Waals surface area contributed by atoms with Gasteiger partial charge in [-0.1, -0.05) is 22.0 Å². The van der Waals surface area contributed by atoms with Crippen LogP contribution in [0.1, 0.15) is 33.3 Å². The van der Waals surface area contributed by atoms with Crippen molar-refractivity contribution in [3.63, 3.8) is 0 Å². The predicted molar refractivity (Wildman–Crippen MR) is 137 cm³/mol. The molecule has 4 aromatic rings. The maximum Gasteiger partial charge on any atom is 0.291 e. The van der Waals surface area contributed by atoms with Crippen LogP contribution in [0.5, 0.6) is 23.0 Å². The fourth-order valence-electron chi connectivity index (χ4n) is 4.65. The lowest BCUT2D eigenvalue weighted by Crippen LogP contribution is -2.29. The van der Waals surface area contributed by atoms with Crippen molar-refractivity contribution in [2.75, 3.05) is 13.9 Å². The highest BCUT2D eigenvalue weighted by molar-refractivity contribution is 9.10. The van der Waals surface area contributed by atoms with Gasteiger partial charge in [0.15, 0.2) is 28.4 Å². The molecular weight excluding hydrogens is 598 g/mol. The predicted octanol–water partition coefficient (Wildman–Crippen LogP) is 5.51. The Bertz CT molecular complexity index is 1630. The van der Waals surface area contributed by atoms with Gasteiger partial charge in [0.25, 0.3) is 5.91 Å². The monoisotopic (exact) mass is 613 g/mol. The molecule has 0 saturated heterocycles. The molecule has 2 aliphatic rings. The lowest BCUT2D eigenvalue weighted by Gasteiger charge is -2.26. The second-order valence-corrected chi connectivity index (χ2v) is 10.2. The van der Waals surface area contributed by atoms with Gasteiger partial charge in [-0.3, -0.25) is 9.59 Å². The number of nitrogens with zero attached hydrogens (tertiary/aromatic N) is 1. The summed E-state index contributed by atoms with van der Waals surface area (Å²) in [6, 6.07) is 13.0. The number of carbonyl (C=O) groups is 1. The molecule has 6 rings (SSSR count). The number of amides is 1. The highest BCUT2D eigenvalue weighted by Crippen LogP contribution is 2.44. The fourth-order valence-corrected chi connectivity index (χ4v) is 5.47. The van der Waals surface area contributed by atoms with E-state index in [1.165, 1.54) is 7.11 Å². The SMILES string of the molecule is COc1cc([C@H]2c3c(oc4ccc(Br)cc4c3=O)C(=O)N2Cc2ccc3c(c2)OCO3)cc(Br)c1O. The highest BCUT2D eigenvalue weighted by atomic mass is 79.9. The highest BCUT2D eigenvalue weighted by Gasteiger charge is 2.43. The summed E-state index contributed by atoms with van der Waals surface area (Å²) in [6.07, 6.45) is 0. The second-order valence-electron chi connectivity index (χ2n) is 8.39. The lowest BCUT2D eigenvalue weighted by atomic mass is 9.97. The van der Waals surface area contributed by atoms with Crippen LogP contribution in [0.4, 0.5) is 0 Å². The molecule has 0 fully saturated rings. The first-order valence-corrected chi connectivity index (χ1v) is 12.5. The van der Waals surface area contributed by atoms with E-state index < -0.39 is 11.9 Å². The van der Waals surface area contributed by atoms with Gasteiger partial charge in [-0.05, 0) is 69.5 Å². The van der Waals surface area contributed by atoms with Crippen molar-refractivity contribution in [2.24, 2.45) is 0 Å². The number of hydrogen-bond acceptors (Lipinski definition) is 7. The van der Waals surface area contributed by atoms with Gasteiger partial charge in [-0.25, -0.2) is 0 Å². The quantitative estimate of drug-likeness (QED) is 0.324. The molecule has 10 heteroatoms. The van der Waals surface area contributed by atoms with E-state index in [0.717, 1.165) is 10.0 Å². The normalized spacial score (nSPS) is 16.0. The molecule has 0 bridgehead atoms. The minimum atomic E-state index is -0.789. The number of phenols is 1. The molecule has 0 unspecified atom stereocenters. The Morgan fingerprint density at radius 1 is 1.06 bits per heavy atom. The van der Waals surface area contributed by atoms with Crippen molar-refractivity contribution < 1.29 is 28.5 Å². The third-order valence-electron chi connectivity index (χ3n) is 6.30. The van der Waals surface area contributed by atoms with Crippen LogP contribution < -0.4 is 19.6 Å². The van der Waals surface area contributed by atoms with Gasteiger partial charge in [-0.2, -0.15) is 0 Å². The van der Waals surface area contributed by atoms with Crippen molar-refractivity contribution in [3.05, 3.63) is 90.2 Å². The van der Waals surface area contributed by atoms with Gasteiger partial charge < -0.3 is 28.6 Å². The molecule has 0 radical (unpaired) electrons. The van der Waals surface area contributed by atoms with Crippen LogP contribution in [0.15, 0.2) is 66.7 Å². The standard InChI is InChI=1S/C26H17Br2NO7/c1-33-20-8-13(7-16(28)24(20)31)22-21-23(30)15-9-14(27)3-5-17(15)36-25(21)26(32)29(22)10-12-2-4-18-19(6-12)35-11-34-18/h2-9,22,31H,10-11H2,1H3/t22-/m0/s1. The Balaban J connectivity index is 1.56. The molecule has 0 aliphatic carbocycles. The Kier molecular flexibility index (Phi) is 5.45. The molecule has 3 aromatic carbocycles. The zero-order chi connectivity index (χ0) is 25.1. The number of carbonyl (C=O) groups excluding carboxylic acids is 1. The Morgan fingerprint density at radius 2 is 1.86 bits per heavy atom. The summed E-state index contributed by atoms with van der Waals surface area (Å²) in [5.74, 6) is 0.916. The number of aromatic hydroxyl groups is 1. The smallest absolute Gasteiger partial charge is 0.291 e. The zero-order valence-corrected chi connectivity index (χ0v) is 21.9. The van der Waals surface area contributed by atoms with Crippen LogP contribution in [0.3, 0.4) is 0 Å². The molecule has 0 saturated carbocycles. The van der Waals surface area contributed by atoms with E-state index >= 15 is 0 Å². The van der Waals surface area contributed by atoms with Crippen molar-refractivity contribution >= 4 is 48.7 Å². The van der Waals surface area contributed by atoms with Crippen LogP contribution in [-0.2, 0) is 6.54 Å². The number of hydrogen-bond donors (Lipinski definition) is 1. The number of halogens is 2. The number of benzene rings is 3. The average molecular weight is 615 g/mol. The van der Waals surface area contributed by atoms with Crippen molar-refractivity contribution in [1.82, 2.24) is 4.90 Å². The zero-order valence-electron chi connectivity index (χ0n) is 18.7. The van der Waals surface area contributed by atoms with E-state index in [9.17, 15) is 14.7 Å². The van der Waals surface area contributed by atoms with Gasteiger partial charge in [0.05, 0.1) is 28.6 Å². The fraction of sp³-hybridized carbons (Fsp3) is 0.154. The number of ether oxygens (including phenoxy) is 3. The Hall–Kier alpha value is -3.50. The average Bonchev–Trinajstić information content (AvgIpc) is 3.44. The van der Waals surface area contributed by atoms with E-state index in [2.05, 4.69) is 31.9 Å². The summed E-state index contributed by atoms with van der Waals surface area (Å²) in [6.45, 7) is 0.308. The van der Waals surface area contributed by atoms with Crippen LogP contribution in [0, 0.1) is 0 Å². The number of fused-ring (bicyclic) bond motifs is 3. The molecule has 1 amide bonds. The van der Waals surface area contributed by atoms with Gasteiger partial charge in [0, 0.05) is 11.0 Å². The molecule has 182 valence electrons. The molecule has 1 atom stereocenters. The summed E-state index contributed by atoms with van der Waals surface area (Å²) in [5, 5.41) is 10.7. The van der Waals surface area contributed by atoms with Gasteiger partial charge >= 0.3 is 0 Å².